The Labute approximate surface area is 122 Å². The smallest absolute Gasteiger partial charge is 0.310 e. The summed E-state index contributed by atoms with van der Waals surface area (Å²) >= 11 is 0. The van der Waals surface area contributed by atoms with Crippen LogP contribution in [-0.4, -0.2) is 35.5 Å². The molecule has 4 heteroatoms. The van der Waals surface area contributed by atoms with Crippen LogP contribution in [0.5, 0.6) is 0 Å². The van der Waals surface area contributed by atoms with E-state index in [1.807, 2.05) is 0 Å². The molecule has 1 aliphatic rings. The van der Waals surface area contributed by atoms with Gasteiger partial charge in [-0.25, -0.2) is 0 Å². The van der Waals surface area contributed by atoms with E-state index in [-0.39, 0.29) is 12.3 Å². The van der Waals surface area contributed by atoms with Crippen LogP contribution in [0.1, 0.15) is 71.1 Å². The van der Waals surface area contributed by atoms with Gasteiger partial charge in [-0.15, -0.1) is 0 Å². The van der Waals surface area contributed by atoms with Crippen molar-refractivity contribution < 1.29 is 14.7 Å². The molecule has 0 atom stereocenters. The summed E-state index contributed by atoms with van der Waals surface area (Å²) in [5, 5.41) is 9.59. The number of hydrogen-bond acceptors (Lipinski definition) is 2. The summed E-state index contributed by atoms with van der Waals surface area (Å²) < 4.78 is 0. The molecule has 116 valence electrons. The van der Waals surface area contributed by atoms with Crippen LogP contribution in [0, 0.1) is 5.41 Å². The predicted molar refractivity (Wildman–Crippen MR) is 79.5 cm³/mol. The number of amides is 1. The first kappa shape index (κ1) is 17.0. The van der Waals surface area contributed by atoms with E-state index in [0.717, 1.165) is 51.5 Å². The van der Waals surface area contributed by atoms with Crippen molar-refractivity contribution in [2.24, 2.45) is 5.41 Å². The fraction of sp³-hybridized carbons (Fsp3) is 0.875. The minimum atomic E-state index is -0.813. The third-order valence-electron chi connectivity index (χ3n) is 4.53. The van der Waals surface area contributed by atoms with Gasteiger partial charge in [-0.05, 0) is 19.3 Å². The molecule has 0 radical (unpaired) electrons. The van der Waals surface area contributed by atoms with Crippen LogP contribution in [0.3, 0.4) is 0 Å². The van der Waals surface area contributed by atoms with E-state index in [9.17, 15) is 14.7 Å². The zero-order chi connectivity index (χ0) is 15.0. The molecule has 0 aromatic heterocycles. The minimum absolute atomic E-state index is 0.00889. The molecule has 0 unspecified atom stereocenters. The quantitative estimate of drug-likeness (QED) is 0.575. The van der Waals surface area contributed by atoms with Gasteiger partial charge >= 0.3 is 5.97 Å². The van der Waals surface area contributed by atoms with Gasteiger partial charge in [0.05, 0.1) is 5.41 Å². The van der Waals surface area contributed by atoms with Crippen LogP contribution in [0.15, 0.2) is 0 Å². The molecule has 1 aliphatic carbocycles. The number of carboxylic acid groups (broad SMARTS) is 1. The highest BCUT2D eigenvalue weighted by Gasteiger charge is 2.41. The maximum absolute atomic E-state index is 12.3. The highest BCUT2D eigenvalue weighted by Crippen LogP contribution is 2.38. The normalized spacial score (nSPS) is 18.3. The average molecular weight is 283 g/mol. The van der Waals surface area contributed by atoms with Crippen molar-refractivity contribution in [2.45, 2.75) is 71.1 Å². The number of nitrogens with zero attached hydrogens (tertiary/aromatic N) is 1. The minimum Gasteiger partial charge on any atom is -0.481 e. The van der Waals surface area contributed by atoms with Crippen LogP contribution >= 0.6 is 0 Å². The van der Waals surface area contributed by atoms with Crippen molar-refractivity contribution in [3.05, 3.63) is 0 Å². The van der Waals surface area contributed by atoms with Gasteiger partial charge in [0.2, 0.25) is 5.91 Å². The highest BCUT2D eigenvalue weighted by molar-refractivity contribution is 5.84. The molecule has 0 aromatic carbocycles. The second kappa shape index (κ2) is 8.28. The van der Waals surface area contributed by atoms with Gasteiger partial charge in [0, 0.05) is 20.0 Å². The zero-order valence-electron chi connectivity index (χ0n) is 13.0. The molecule has 1 N–H and O–H groups in total. The molecule has 0 aliphatic heterocycles. The van der Waals surface area contributed by atoms with E-state index in [4.69, 9.17) is 0 Å². The van der Waals surface area contributed by atoms with Crippen LogP contribution in [0.4, 0.5) is 0 Å². The second-order valence-electron chi connectivity index (χ2n) is 6.20. The lowest BCUT2D eigenvalue weighted by Gasteiger charge is -2.29. The first-order valence-electron chi connectivity index (χ1n) is 7.99. The third-order valence-corrected chi connectivity index (χ3v) is 4.53. The number of rotatable bonds is 7. The lowest BCUT2D eigenvalue weighted by molar-refractivity contribution is -0.154. The molecule has 0 bridgehead atoms. The topological polar surface area (TPSA) is 57.6 Å². The lowest BCUT2D eigenvalue weighted by atomic mass is 9.77. The third kappa shape index (κ3) is 4.80. The molecular weight excluding hydrogens is 254 g/mol. The molecule has 1 amide bonds. The maximum atomic E-state index is 12.3. The van der Waals surface area contributed by atoms with Crippen LogP contribution in [-0.2, 0) is 9.59 Å². The Morgan fingerprint density at radius 1 is 1.10 bits per heavy atom. The fourth-order valence-corrected chi connectivity index (χ4v) is 3.02. The number of carbonyl (C=O) groups excluding carboxylic acids is 1. The standard InChI is InChI=1S/C16H29NO3/c1-3-4-9-12-17(2)14(18)13-16(15(19)20)10-7-5-6-8-11-16/h3-13H2,1-2H3,(H,19,20). The van der Waals surface area contributed by atoms with Crippen molar-refractivity contribution in [1.29, 1.82) is 0 Å². The molecule has 0 saturated heterocycles. The molecule has 1 saturated carbocycles. The summed E-state index contributed by atoms with van der Waals surface area (Å²) in [4.78, 5) is 25.7. The summed E-state index contributed by atoms with van der Waals surface area (Å²) in [5.41, 5.74) is -0.813. The maximum Gasteiger partial charge on any atom is 0.310 e. The summed E-state index contributed by atoms with van der Waals surface area (Å²) in [6.07, 6.45) is 8.75. The Kier molecular flexibility index (Phi) is 7.03. The number of unbranched alkanes of at least 4 members (excludes halogenated alkanes) is 2. The average Bonchev–Trinajstić information content (AvgIpc) is 2.65. The lowest BCUT2D eigenvalue weighted by Crippen LogP contribution is -2.38. The fourth-order valence-electron chi connectivity index (χ4n) is 3.02. The Bertz CT molecular complexity index is 320. The van der Waals surface area contributed by atoms with E-state index in [1.165, 1.54) is 0 Å². The number of carbonyl (C=O) groups is 2. The largest absolute Gasteiger partial charge is 0.481 e. The first-order chi connectivity index (χ1) is 9.52. The van der Waals surface area contributed by atoms with Gasteiger partial charge in [0.25, 0.3) is 0 Å². The van der Waals surface area contributed by atoms with E-state index >= 15 is 0 Å². The Balaban J connectivity index is 2.60. The summed E-state index contributed by atoms with van der Waals surface area (Å²) in [6.45, 7) is 2.87. The SMILES string of the molecule is CCCCCN(C)C(=O)CC1(C(=O)O)CCCCCC1. The number of aliphatic carboxylic acids is 1. The van der Waals surface area contributed by atoms with Crippen molar-refractivity contribution in [3.8, 4) is 0 Å². The number of carboxylic acids is 1. The Morgan fingerprint density at radius 2 is 1.70 bits per heavy atom. The van der Waals surface area contributed by atoms with Crippen molar-refractivity contribution >= 4 is 11.9 Å². The van der Waals surface area contributed by atoms with Crippen molar-refractivity contribution in [1.82, 2.24) is 4.90 Å². The van der Waals surface area contributed by atoms with Gasteiger partial charge in [-0.1, -0.05) is 45.4 Å². The first-order valence-corrected chi connectivity index (χ1v) is 7.99. The van der Waals surface area contributed by atoms with E-state index in [1.54, 1.807) is 11.9 Å². The van der Waals surface area contributed by atoms with Crippen LogP contribution in [0.25, 0.3) is 0 Å². The van der Waals surface area contributed by atoms with Crippen LogP contribution in [0.2, 0.25) is 0 Å². The predicted octanol–water partition coefficient (Wildman–Crippen LogP) is 3.45. The van der Waals surface area contributed by atoms with Crippen molar-refractivity contribution in [2.75, 3.05) is 13.6 Å². The van der Waals surface area contributed by atoms with E-state index in [0.29, 0.717) is 12.8 Å². The molecule has 0 spiro atoms. The van der Waals surface area contributed by atoms with Gasteiger partial charge < -0.3 is 10.0 Å². The summed E-state index contributed by atoms with van der Waals surface area (Å²) in [6, 6.07) is 0. The molecule has 0 aromatic rings. The van der Waals surface area contributed by atoms with Gasteiger partial charge in [-0.2, -0.15) is 0 Å². The molecular formula is C16H29NO3. The Hall–Kier alpha value is -1.06. The van der Waals surface area contributed by atoms with Gasteiger partial charge in [0.15, 0.2) is 0 Å². The van der Waals surface area contributed by atoms with E-state index < -0.39 is 11.4 Å². The van der Waals surface area contributed by atoms with Gasteiger partial charge in [-0.3, -0.25) is 9.59 Å². The number of hydrogen-bond donors (Lipinski definition) is 1. The highest BCUT2D eigenvalue weighted by atomic mass is 16.4. The Morgan fingerprint density at radius 3 is 2.20 bits per heavy atom. The van der Waals surface area contributed by atoms with Crippen LogP contribution < -0.4 is 0 Å². The molecule has 0 heterocycles. The van der Waals surface area contributed by atoms with E-state index in [2.05, 4.69) is 6.92 Å². The molecule has 20 heavy (non-hydrogen) atoms. The summed E-state index contributed by atoms with van der Waals surface area (Å²) in [5.74, 6) is -0.792. The molecule has 4 nitrogen and oxygen atoms in total. The second-order valence-corrected chi connectivity index (χ2v) is 6.20. The molecule has 1 rings (SSSR count). The zero-order valence-corrected chi connectivity index (χ0v) is 13.0. The molecule has 1 fully saturated rings. The van der Waals surface area contributed by atoms with Crippen molar-refractivity contribution in [3.63, 3.8) is 0 Å². The monoisotopic (exact) mass is 283 g/mol. The van der Waals surface area contributed by atoms with Gasteiger partial charge in [0.1, 0.15) is 0 Å². The summed E-state index contributed by atoms with van der Waals surface area (Å²) in [7, 11) is 1.80.